The van der Waals surface area contributed by atoms with Gasteiger partial charge in [-0.3, -0.25) is 14.2 Å². The lowest BCUT2D eigenvalue weighted by molar-refractivity contribution is 0.102. The van der Waals surface area contributed by atoms with Crippen molar-refractivity contribution in [1.29, 1.82) is 0 Å². The summed E-state index contributed by atoms with van der Waals surface area (Å²) in [5, 5.41) is 7.02. The van der Waals surface area contributed by atoms with Gasteiger partial charge in [0.2, 0.25) is 0 Å². The topological polar surface area (TPSA) is 93.1 Å². The molecule has 0 saturated heterocycles. The number of halogens is 1. The molecule has 28 heavy (non-hydrogen) atoms. The number of anilines is 2. The van der Waals surface area contributed by atoms with Gasteiger partial charge in [-0.2, -0.15) is 5.10 Å². The van der Waals surface area contributed by atoms with E-state index in [-0.39, 0.29) is 22.1 Å². The lowest BCUT2D eigenvalue weighted by atomic mass is 10.2. The van der Waals surface area contributed by atoms with Gasteiger partial charge in [-0.15, -0.1) is 0 Å². The summed E-state index contributed by atoms with van der Waals surface area (Å²) in [6.07, 6.45) is 0. The van der Waals surface area contributed by atoms with Crippen LogP contribution in [0.1, 0.15) is 21.7 Å². The van der Waals surface area contributed by atoms with E-state index < -0.39 is 15.8 Å². The molecule has 9 heteroatoms. The highest BCUT2D eigenvalue weighted by molar-refractivity contribution is 7.92. The number of aryl methyl sites for hydroxylation is 2. The highest BCUT2D eigenvalue weighted by Gasteiger charge is 2.18. The largest absolute Gasteiger partial charge is 0.319 e. The van der Waals surface area contributed by atoms with E-state index in [4.69, 9.17) is 0 Å². The first-order valence-corrected chi connectivity index (χ1v) is 9.86. The minimum absolute atomic E-state index is 0.0824. The number of sulfonamides is 1. The first kappa shape index (κ1) is 19.6. The fourth-order valence-electron chi connectivity index (χ4n) is 2.67. The smallest absolute Gasteiger partial charge is 0.261 e. The van der Waals surface area contributed by atoms with Crippen molar-refractivity contribution in [1.82, 2.24) is 9.78 Å². The van der Waals surface area contributed by atoms with Crippen LogP contribution >= 0.6 is 0 Å². The molecule has 2 aromatic carbocycles. The lowest BCUT2D eigenvalue weighted by Gasteiger charge is -2.10. The van der Waals surface area contributed by atoms with Crippen molar-refractivity contribution in [2.45, 2.75) is 18.7 Å². The molecular weight excluding hydrogens is 383 g/mol. The Morgan fingerprint density at radius 1 is 1.07 bits per heavy atom. The third-order valence-corrected chi connectivity index (χ3v) is 5.67. The van der Waals surface area contributed by atoms with Crippen molar-refractivity contribution in [3.8, 4) is 0 Å². The monoisotopic (exact) mass is 402 g/mol. The van der Waals surface area contributed by atoms with Crippen molar-refractivity contribution < 1.29 is 17.6 Å². The number of amides is 1. The van der Waals surface area contributed by atoms with Gasteiger partial charge in [-0.05, 0) is 50.2 Å². The summed E-state index contributed by atoms with van der Waals surface area (Å²) >= 11 is 0. The van der Waals surface area contributed by atoms with Crippen molar-refractivity contribution in [2.24, 2.45) is 7.05 Å². The van der Waals surface area contributed by atoms with Crippen LogP contribution in [0.2, 0.25) is 0 Å². The summed E-state index contributed by atoms with van der Waals surface area (Å²) in [4.78, 5) is 12.4. The molecule has 0 saturated carbocycles. The zero-order chi connectivity index (χ0) is 20.5. The maximum Gasteiger partial charge on any atom is 0.261 e. The SMILES string of the molecule is Cc1nn(C)c(C)c1NC(=O)c1ccc(S(=O)(=O)Nc2ccccc2F)cc1. The van der Waals surface area contributed by atoms with Crippen LogP contribution in [0.3, 0.4) is 0 Å². The Hall–Kier alpha value is -3.20. The molecule has 1 aromatic heterocycles. The molecule has 2 N–H and O–H groups in total. The maximum absolute atomic E-state index is 13.7. The van der Waals surface area contributed by atoms with Gasteiger partial charge in [0.25, 0.3) is 15.9 Å². The fourth-order valence-corrected chi connectivity index (χ4v) is 3.74. The zero-order valence-corrected chi connectivity index (χ0v) is 16.3. The van der Waals surface area contributed by atoms with Crippen molar-refractivity contribution in [2.75, 3.05) is 10.0 Å². The normalized spacial score (nSPS) is 11.3. The Morgan fingerprint density at radius 2 is 1.71 bits per heavy atom. The molecule has 146 valence electrons. The Bertz CT molecular complexity index is 1140. The molecule has 3 rings (SSSR count). The molecule has 7 nitrogen and oxygen atoms in total. The molecule has 0 unspecified atom stereocenters. The quantitative estimate of drug-likeness (QED) is 0.685. The Morgan fingerprint density at radius 3 is 2.29 bits per heavy atom. The van der Waals surface area contributed by atoms with E-state index in [9.17, 15) is 17.6 Å². The average molecular weight is 402 g/mol. The number of para-hydroxylation sites is 1. The predicted molar refractivity (Wildman–Crippen MR) is 104 cm³/mol. The van der Waals surface area contributed by atoms with Crippen LogP contribution in [0, 0.1) is 19.7 Å². The van der Waals surface area contributed by atoms with E-state index >= 15 is 0 Å². The summed E-state index contributed by atoms with van der Waals surface area (Å²) < 4.78 is 42.4. The number of aromatic nitrogens is 2. The van der Waals surface area contributed by atoms with Gasteiger partial charge in [0.1, 0.15) is 5.82 Å². The molecule has 0 bridgehead atoms. The zero-order valence-electron chi connectivity index (χ0n) is 15.5. The molecule has 0 aliphatic rings. The molecule has 0 spiro atoms. The lowest BCUT2D eigenvalue weighted by Crippen LogP contribution is -2.16. The van der Waals surface area contributed by atoms with Crippen molar-refractivity contribution in [3.05, 3.63) is 71.3 Å². The third kappa shape index (κ3) is 3.89. The van der Waals surface area contributed by atoms with Gasteiger partial charge in [0.05, 0.1) is 27.7 Å². The second-order valence-electron chi connectivity index (χ2n) is 6.23. The van der Waals surface area contributed by atoms with Crippen LogP contribution in [0.15, 0.2) is 53.4 Å². The van der Waals surface area contributed by atoms with Gasteiger partial charge in [0, 0.05) is 12.6 Å². The number of carbonyl (C=O) groups is 1. The predicted octanol–water partition coefficient (Wildman–Crippen LogP) is 3.23. The van der Waals surface area contributed by atoms with Crippen molar-refractivity contribution >= 4 is 27.3 Å². The minimum Gasteiger partial charge on any atom is -0.319 e. The van der Waals surface area contributed by atoms with Crippen LogP contribution in [0.5, 0.6) is 0 Å². The van der Waals surface area contributed by atoms with Gasteiger partial charge < -0.3 is 5.32 Å². The first-order chi connectivity index (χ1) is 13.2. The molecule has 0 aliphatic heterocycles. The number of nitrogens with zero attached hydrogens (tertiary/aromatic N) is 2. The second-order valence-corrected chi connectivity index (χ2v) is 7.92. The second kappa shape index (κ2) is 7.43. The molecular formula is C19H19FN4O3S. The van der Waals surface area contributed by atoms with Crippen LogP contribution in [0.25, 0.3) is 0 Å². The highest BCUT2D eigenvalue weighted by atomic mass is 32.2. The Labute approximate surface area is 162 Å². The molecule has 0 fully saturated rings. The summed E-state index contributed by atoms with van der Waals surface area (Å²) in [6.45, 7) is 3.62. The standard InChI is InChI=1S/C19H19FN4O3S/c1-12-18(13(2)24(3)22-12)21-19(25)14-8-10-15(11-9-14)28(26,27)23-17-7-5-4-6-16(17)20/h4-11,23H,1-3H3,(H,21,25). The Kier molecular flexibility index (Phi) is 5.19. The van der Waals surface area contributed by atoms with E-state index in [0.717, 1.165) is 11.8 Å². The van der Waals surface area contributed by atoms with Gasteiger partial charge in [-0.25, -0.2) is 12.8 Å². The molecule has 1 amide bonds. The molecule has 0 aliphatic carbocycles. The number of hydrogen-bond acceptors (Lipinski definition) is 4. The van der Waals surface area contributed by atoms with E-state index in [0.29, 0.717) is 11.4 Å². The van der Waals surface area contributed by atoms with Crippen LogP contribution < -0.4 is 10.0 Å². The summed E-state index contributed by atoms with van der Waals surface area (Å²) in [5.41, 5.74) is 2.24. The summed E-state index contributed by atoms with van der Waals surface area (Å²) in [7, 11) is -2.20. The third-order valence-electron chi connectivity index (χ3n) is 4.29. The molecule has 0 radical (unpaired) electrons. The molecule has 0 atom stereocenters. The number of hydrogen-bond donors (Lipinski definition) is 2. The van der Waals surface area contributed by atoms with E-state index in [2.05, 4.69) is 15.1 Å². The highest BCUT2D eigenvalue weighted by Crippen LogP contribution is 2.21. The summed E-state index contributed by atoms with van der Waals surface area (Å²) in [6, 6.07) is 10.9. The first-order valence-electron chi connectivity index (χ1n) is 8.38. The van der Waals surface area contributed by atoms with Gasteiger partial charge in [-0.1, -0.05) is 12.1 Å². The number of benzene rings is 2. The molecule has 3 aromatic rings. The number of nitrogens with one attached hydrogen (secondary N) is 2. The van der Waals surface area contributed by atoms with E-state index in [1.807, 2.05) is 6.92 Å². The fraction of sp³-hybridized carbons (Fsp3) is 0.158. The maximum atomic E-state index is 13.7. The van der Waals surface area contributed by atoms with Crippen molar-refractivity contribution in [3.63, 3.8) is 0 Å². The van der Waals surface area contributed by atoms with E-state index in [1.54, 1.807) is 18.7 Å². The van der Waals surface area contributed by atoms with Crippen LogP contribution in [-0.4, -0.2) is 24.1 Å². The van der Waals surface area contributed by atoms with Crippen LogP contribution in [-0.2, 0) is 17.1 Å². The van der Waals surface area contributed by atoms with Crippen LogP contribution in [0.4, 0.5) is 15.8 Å². The Balaban J connectivity index is 1.79. The van der Waals surface area contributed by atoms with Gasteiger partial charge >= 0.3 is 0 Å². The molecule has 1 heterocycles. The van der Waals surface area contributed by atoms with E-state index in [1.165, 1.54) is 42.5 Å². The number of carbonyl (C=O) groups excluding carboxylic acids is 1. The summed E-state index contributed by atoms with van der Waals surface area (Å²) in [5.74, 6) is -1.06. The number of rotatable bonds is 5. The minimum atomic E-state index is -3.98. The van der Waals surface area contributed by atoms with Gasteiger partial charge in [0.15, 0.2) is 0 Å². The average Bonchev–Trinajstić information content (AvgIpc) is 2.89.